The third-order valence-corrected chi connectivity index (χ3v) is 6.39. The quantitative estimate of drug-likeness (QED) is 0.248. The zero-order valence-electron chi connectivity index (χ0n) is 21.6. The van der Waals surface area contributed by atoms with Gasteiger partial charge in [-0.3, -0.25) is 9.59 Å². The number of benzene rings is 3. The number of methoxy groups -OCH3 is 1. The fourth-order valence-corrected chi connectivity index (χ4v) is 4.56. The minimum absolute atomic E-state index is 0.0694. The van der Waals surface area contributed by atoms with Crippen LogP contribution in [0, 0.1) is 6.92 Å². The SMILES string of the molecule is COc1ccc(/C(O)=C2\C(=O)C(=O)N(CCCN(C)C)[C@@H]2c2cccc(Oc3ccccc3)c2)c(C)c1. The monoisotopic (exact) mass is 500 g/mol. The molecule has 1 heterocycles. The lowest BCUT2D eigenvalue weighted by Gasteiger charge is -2.26. The molecule has 1 aliphatic rings. The molecule has 0 spiro atoms. The van der Waals surface area contributed by atoms with Gasteiger partial charge in [0.2, 0.25) is 0 Å². The average Bonchev–Trinajstić information content (AvgIpc) is 3.14. The number of hydrogen-bond donors (Lipinski definition) is 1. The molecule has 0 aromatic heterocycles. The van der Waals surface area contributed by atoms with Crippen LogP contribution in [0.2, 0.25) is 0 Å². The summed E-state index contributed by atoms with van der Waals surface area (Å²) in [4.78, 5) is 30.2. The number of nitrogens with zero attached hydrogens (tertiary/aromatic N) is 2. The van der Waals surface area contributed by atoms with Crippen LogP contribution < -0.4 is 9.47 Å². The summed E-state index contributed by atoms with van der Waals surface area (Å²) < 4.78 is 11.3. The van der Waals surface area contributed by atoms with E-state index in [0.29, 0.717) is 41.3 Å². The van der Waals surface area contributed by atoms with Gasteiger partial charge >= 0.3 is 0 Å². The molecule has 0 aliphatic carbocycles. The van der Waals surface area contributed by atoms with Gasteiger partial charge < -0.3 is 24.4 Å². The van der Waals surface area contributed by atoms with Crippen molar-refractivity contribution in [1.29, 1.82) is 0 Å². The highest BCUT2D eigenvalue weighted by atomic mass is 16.5. The number of likely N-dealkylation sites (tertiary alicyclic amines) is 1. The maximum atomic E-state index is 13.3. The van der Waals surface area contributed by atoms with Crippen molar-refractivity contribution < 1.29 is 24.2 Å². The Morgan fingerprint density at radius 2 is 1.68 bits per heavy atom. The van der Waals surface area contributed by atoms with Crippen LogP contribution in [0.3, 0.4) is 0 Å². The lowest BCUT2D eigenvalue weighted by atomic mass is 9.93. The molecule has 0 radical (unpaired) electrons. The Bertz CT molecular complexity index is 1320. The summed E-state index contributed by atoms with van der Waals surface area (Å²) in [5.41, 5.74) is 1.97. The minimum Gasteiger partial charge on any atom is -0.507 e. The molecule has 1 N–H and O–H groups in total. The van der Waals surface area contributed by atoms with Crippen LogP contribution in [0.25, 0.3) is 5.76 Å². The lowest BCUT2D eigenvalue weighted by molar-refractivity contribution is -0.139. The second kappa shape index (κ2) is 11.3. The van der Waals surface area contributed by atoms with Crippen LogP contribution in [0.5, 0.6) is 17.2 Å². The highest BCUT2D eigenvalue weighted by Crippen LogP contribution is 2.41. The first-order valence-electron chi connectivity index (χ1n) is 12.2. The smallest absolute Gasteiger partial charge is 0.295 e. The first kappa shape index (κ1) is 26.0. The number of para-hydroxylation sites is 1. The molecule has 1 saturated heterocycles. The molecular weight excluding hydrogens is 468 g/mol. The van der Waals surface area contributed by atoms with Gasteiger partial charge in [-0.05, 0) is 87.6 Å². The number of carbonyl (C=O) groups excluding carboxylic acids is 2. The molecule has 1 atom stereocenters. The van der Waals surface area contributed by atoms with Gasteiger partial charge in [0, 0.05) is 12.1 Å². The van der Waals surface area contributed by atoms with Crippen molar-refractivity contribution in [2.24, 2.45) is 0 Å². The van der Waals surface area contributed by atoms with Crippen molar-refractivity contribution in [1.82, 2.24) is 9.80 Å². The summed E-state index contributed by atoms with van der Waals surface area (Å²) in [6, 6.07) is 21.2. The second-order valence-electron chi connectivity index (χ2n) is 9.32. The highest BCUT2D eigenvalue weighted by molar-refractivity contribution is 6.46. The van der Waals surface area contributed by atoms with Gasteiger partial charge in [0.15, 0.2) is 0 Å². The lowest BCUT2D eigenvalue weighted by Crippen LogP contribution is -2.32. The number of rotatable bonds is 9. The van der Waals surface area contributed by atoms with E-state index in [2.05, 4.69) is 0 Å². The van der Waals surface area contributed by atoms with Crippen LogP contribution in [0.4, 0.5) is 0 Å². The Morgan fingerprint density at radius 3 is 2.35 bits per heavy atom. The molecule has 192 valence electrons. The Kier molecular flexibility index (Phi) is 7.94. The summed E-state index contributed by atoms with van der Waals surface area (Å²) in [5.74, 6) is 0.369. The average molecular weight is 501 g/mol. The number of hydrogen-bond acceptors (Lipinski definition) is 6. The van der Waals surface area contributed by atoms with Crippen molar-refractivity contribution in [2.45, 2.75) is 19.4 Å². The molecule has 7 nitrogen and oxygen atoms in total. The third-order valence-electron chi connectivity index (χ3n) is 6.39. The van der Waals surface area contributed by atoms with Crippen molar-refractivity contribution in [3.8, 4) is 17.2 Å². The molecule has 1 aliphatic heterocycles. The first-order chi connectivity index (χ1) is 17.8. The van der Waals surface area contributed by atoms with Crippen LogP contribution >= 0.6 is 0 Å². The molecule has 1 amide bonds. The van der Waals surface area contributed by atoms with Gasteiger partial charge in [-0.25, -0.2) is 0 Å². The third kappa shape index (κ3) is 5.67. The molecule has 1 fully saturated rings. The Hall–Kier alpha value is -4.10. The van der Waals surface area contributed by atoms with Crippen LogP contribution in [0.1, 0.15) is 29.2 Å². The normalized spacial score (nSPS) is 16.9. The fraction of sp³-hybridized carbons (Fsp3) is 0.267. The molecule has 3 aromatic rings. The largest absolute Gasteiger partial charge is 0.507 e. The number of aliphatic hydroxyl groups excluding tert-OH is 1. The zero-order chi connectivity index (χ0) is 26.5. The number of ketones is 1. The maximum absolute atomic E-state index is 13.3. The number of carbonyl (C=O) groups is 2. The highest BCUT2D eigenvalue weighted by Gasteiger charge is 2.46. The van der Waals surface area contributed by atoms with Crippen molar-refractivity contribution in [3.05, 3.63) is 95.1 Å². The summed E-state index contributed by atoms with van der Waals surface area (Å²) >= 11 is 0. The molecule has 0 saturated carbocycles. The van der Waals surface area contributed by atoms with Crippen molar-refractivity contribution in [3.63, 3.8) is 0 Å². The van der Waals surface area contributed by atoms with Gasteiger partial charge in [0.25, 0.3) is 11.7 Å². The molecular formula is C30H32N2O5. The predicted molar refractivity (Wildman–Crippen MR) is 143 cm³/mol. The van der Waals surface area contributed by atoms with Crippen molar-refractivity contribution in [2.75, 3.05) is 34.3 Å². The fourth-order valence-electron chi connectivity index (χ4n) is 4.56. The Balaban J connectivity index is 1.79. The molecule has 0 bridgehead atoms. The van der Waals surface area contributed by atoms with E-state index in [4.69, 9.17) is 9.47 Å². The van der Waals surface area contributed by atoms with E-state index in [-0.39, 0.29) is 11.3 Å². The van der Waals surface area contributed by atoms with E-state index < -0.39 is 17.7 Å². The molecule has 37 heavy (non-hydrogen) atoms. The number of aliphatic hydroxyl groups is 1. The number of aryl methyl sites for hydroxylation is 1. The van der Waals surface area contributed by atoms with E-state index >= 15 is 0 Å². The van der Waals surface area contributed by atoms with Crippen LogP contribution in [0.15, 0.2) is 78.4 Å². The van der Waals surface area contributed by atoms with Crippen LogP contribution in [-0.4, -0.2) is 60.9 Å². The topological polar surface area (TPSA) is 79.3 Å². The molecule has 7 heteroatoms. The summed E-state index contributed by atoms with van der Waals surface area (Å²) in [5, 5.41) is 11.4. The number of ether oxygens (including phenoxy) is 2. The van der Waals surface area contributed by atoms with E-state index in [1.807, 2.05) is 80.5 Å². The van der Waals surface area contributed by atoms with E-state index in [9.17, 15) is 14.7 Å². The Labute approximate surface area is 217 Å². The summed E-state index contributed by atoms with van der Waals surface area (Å²) in [7, 11) is 5.49. The van der Waals surface area contributed by atoms with Gasteiger partial charge in [0.1, 0.15) is 23.0 Å². The predicted octanol–water partition coefficient (Wildman–Crippen LogP) is 5.17. The van der Waals surface area contributed by atoms with E-state index in [0.717, 1.165) is 12.1 Å². The van der Waals surface area contributed by atoms with Gasteiger partial charge in [-0.15, -0.1) is 0 Å². The van der Waals surface area contributed by atoms with E-state index in [1.165, 1.54) is 0 Å². The molecule has 0 unspecified atom stereocenters. The summed E-state index contributed by atoms with van der Waals surface area (Å²) in [6.45, 7) is 2.95. The number of amides is 1. The standard InChI is InChI=1S/C30H32N2O5/c1-20-18-23(36-4)14-15-25(20)28(33)26-27(32(30(35)29(26)34)17-9-16-31(2)3)21-10-8-13-24(19-21)37-22-11-6-5-7-12-22/h5-8,10-15,18-19,27,33H,9,16-17H2,1-4H3/b28-26+/t27-/m1/s1. The summed E-state index contributed by atoms with van der Waals surface area (Å²) in [6.07, 6.45) is 0.679. The van der Waals surface area contributed by atoms with Crippen LogP contribution in [-0.2, 0) is 9.59 Å². The molecule has 3 aromatic carbocycles. The Morgan fingerprint density at radius 1 is 0.946 bits per heavy atom. The number of Topliss-reactive ketones (excluding diaryl/α,β-unsaturated/α-hetero) is 1. The maximum Gasteiger partial charge on any atom is 0.295 e. The van der Waals surface area contributed by atoms with Gasteiger partial charge in [-0.2, -0.15) is 0 Å². The zero-order valence-corrected chi connectivity index (χ0v) is 21.6. The van der Waals surface area contributed by atoms with E-state index in [1.54, 1.807) is 30.2 Å². The second-order valence-corrected chi connectivity index (χ2v) is 9.32. The van der Waals surface area contributed by atoms with Gasteiger partial charge in [-0.1, -0.05) is 30.3 Å². The first-order valence-corrected chi connectivity index (χ1v) is 12.2. The minimum atomic E-state index is -0.747. The molecule has 4 rings (SSSR count). The van der Waals surface area contributed by atoms with Crippen molar-refractivity contribution >= 4 is 17.4 Å². The van der Waals surface area contributed by atoms with Gasteiger partial charge in [0.05, 0.1) is 18.7 Å².